The molecule has 0 bridgehead atoms. The van der Waals surface area contributed by atoms with E-state index in [1.807, 2.05) is 0 Å². The van der Waals surface area contributed by atoms with Crippen LogP contribution in [0.2, 0.25) is 0 Å². The average Bonchev–Trinajstić information content (AvgIpc) is 2.66. The maximum atomic E-state index is 11.1. The Morgan fingerprint density at radius 3 is 1.85 bits per heavy atom. The minimum atomic E-state index is -2.66. The average molecular weight is 402 g/mol. The highest BCUT2D eigenvalue weighted by Crippen LogP contribution is 2.45. The molecule has 10 N–H and O–H groups in total. The third kappa shape index (κ3) is 5.32. The Labute approximate surface area is 155 Å². The Balaban J connectivity index is 3.40. The lowest BCUT2D eigenvalue weighted by Gasteiger charge is -2.56. The summed E-state index contributed by atoms with van der Waals surface area (Å²) in [6.07, 6.45) is -11.4. The van der Waals surface area contributed by atoms with Crippen LogP contribution in [0.1, 0.15) is 12.8 Å². The van der Waals surface area contributed by atoms with Crippen molar-refractivity contribution in [2.75, 3.05) is 33.0 Å². The molecule has 8 atom stereocenters. The fraction of sp³-hybridized carbons (Fsp3) is 1.00. The van der Waals surface area contributed by atoms with E-state index in [4.69, 9.17) is 24.8 Å². The van der Waals surface area contributed by atoms with Crippen molar-refractivity contribution in [2.24, 2.45) is 0 Å². The van der Waals surface area contributed by atoms with Crippen LogP contribution in [0, 0.1) is 0 Å². The summed E-state index contributed by atoms with van der Waals surface area (Å²) >= 11 is 0. The highest BCUT2D eigenvalue weighted by molar-refractivity contribution is 5.10. The molecule has 4 unspecified atom stereocenters. The standard InChI is InChI=1S/C15H30O12/c16-3-8(20)1-14(26-7-10(22)5-18)13(24)12(23)11(6-19)27-15(14,25)2-9(21)4-17/h8-13,16-25H,1-7H2/t8?,9?,10?,11-,12-,13+,14-,15?/m1/s1. The summed E-state index contributed by atoms with van der Waals surface area (Å²) in [5, 5.41) is 97.7. The molecule has 1 aliphatic heterocycles. The van der Waals surface area contributed by atoms with E-state index < -0.39 is 93.9 Å². The Morgan fingerprint density at radius 2 is 1.37 bits per heavy atom. The third-order valence-electron chi connectivity index (χ3n) is 4.59. The fourth-order valence-electron chi connectivity index (χ4n) is 3.13. The van der Waals surface area contributed by atoms with Gasteiger partial charge < -0.3 is 60.5 Å². The van der Waals surface area contributed by atoms with Crippen molar-refractivity contribution in [1.29, 1.82) is 0 Å². The van der Waals surface area contributed by atoms with Crippen molar-refractivity contribution in [2.45, 2.75) is 60.9 Å². The minimum Gasteiger partial charge on any atom is -0.394 e. The summed E-state index contributed by atoms with van der Waals surface area (Å²) in [7, 11) is 0. The molecule has 1 fully saturated rings. The SMILES string of the molecule is OCC(O)CO[C@]1(CC(O)CO)[C@@H](O)[C@H](O)[C@@H](CO)OC1(O)CC(O)CO. The predicted octanol–water partition coefficient (Wildman–Crippen LogP) is -5.62. The van der Waals surface area contributed by atoms with Crippen LogP contribution in [0.5, 0.6) is 0 Å². The van der Waals surface area contributed by atoms with Gasteiger partial charge in [0.05, 0.1) is 45.2 Å². The van der Waals surface area contributed by atoms with Gasteiger partial charge in [-0.05, 0) is 0 Å². The van der Waals surface area contributed by atoms with Crippen molar-refractivity contribution >= 4 is 0 Å². The van der Waals surface area contributed by atoms with Gasteiger partial charge in [0.1, 0.15) is 24.4 Å². The molecule has 1 aliphatic rings. The van der Waals surface area contributed by atoms with Crippen molar-refractivity contribution in [3.8, 4) is 0 Å². The number of rotatable bonds is 11. The van der Waals surface area contributed by atoms with Gasteiger partial charge in [0.2, 0.25) is 5.79 Å². The van der Waals surface area contributed by atoms with Crippen molar-refractivity contribution in [3.05, 3.63) is 0 Å². The molecule has 162 valence electrons. The molecular weight excluding hydrogens is 372 g/mol. The number of ether oxygens (including phenoxy) is 2. The lowest BCUT2D eigenvalue weighted by atomic mass is 9.73. The van der Waals surface area contributed by atoms with Crippen molar-refractivity contribution < 1.29 is 60.5 Å². The molecule has 1 rings (SSSR count). The van der Waals surface area contributed by atoms with Crippen LogP contribution < -0.4 is 0 Å². The van der Waals surface area contributed by atoms with Crippen molar-refractivity contribution in [1.82, 2.24) is 0 Å². The smallest absolute Gasteiger partial charge is 0.201 e. The first-order valence-electron chi connectivity index (χ1n) is 8.48. The summed E-state index contributed by atoms with van der Waals surface area (Å²) in [6, 6.07) is 0. The molecule has 0 aromatic heterocycles. The van der Waals surface area contributed by atoms with E-state index in [1.165, 1.54) is 0 Å². The van der Waals surface area contributed by atoms with Crippen LogP contribution in [-0.4, -0.2) is 132 Å². The van der Waals surface area contributed by atoms with Crippen LogP contribution >= 0.6 is 0 Å². The maximum Gasteiger partial charge on any atom is 0.201 e. The zero-order chi connectivity index (χ0) is 20.8. The second kappa shape index (κ2) is 10.3. The van der Waals surface area contributed by atoms with Gasteiger partial charge >= 0.3 is 0 Å². The zero-order valence-corrected chi connectivity index (χ0v) is 14.7. The number of aliphatic hydroxyl groups is 10. The van der Waals surface area contributed by atoms with Gasteiger partial charge in [-0.3, -0.25) is 0 Å². The lowest BCUT2D eigenvalue weighted by molar-refractivity contribution is -0.409. The van der Waals surface area contributed by atoms with Gasteiger partial charge in [-0.1, -0.05) is 0 Å². The number of aliphatic hydroxyl groups excluding tert-OH is 9. The first-order chi connectivity index (χ1) is 12.6. The van der Waals surface area contributed by atoms with E-state index in [2.05, 4.69) is 0 Å². The largest absolute Gasteiger partial charge is 0.394 e. The van der Waals surface area contributed by atoms with Gasteiger partial charge in [0.15, 0.2) is 5.60 Å². The van der Waals surface area contributed by atoms with Crippen LogP contribution in [0.25, 0.3) is 0 Å². The zero-order valence-electron chi connectivity index (χ0n) is 14.7. The van der Waals surface area contributed by atoms with Crippen molar-refractivity contribution in [3.63, 3.8) is 0 Å². The molecular formula is C15H30O12. The molecule has 0 amide bonds. The third-order valence-corrected chi connectivity index (χ3v) is 4.59. The van der Waals surface area contributed by atoms with Gasteiger partial charge in [-0.25, -0.2) is 0 Å². The summed E-state index contributed by atoms with van der Waals surface area (Å²) in [6.45, 7) is -3.88. The van der Waals surface area contributed by atoms with Gasteiger partial charge in [0.25, 0.3) is 0 Å². The van der Waals surface area contributed by atoms with Crippen LogP contribution in [0.3, 0.4) is 0 Å². The molecule has 0 spiro atoms. The van der Waals surface area contributed by atoms with E-state index in [9.17, 15) is 35.7 Å². The normalized spacial score (nSPS) is 37.8. The Bertz CT molecular complexity index is 439. The molecule has 1 saturated heterocycles. The molecule has 0 radical (unpaired) electrons. The van der Waals surface area contributed by atoms with E-state index in [0.717, 1.165) is 0 Å². The summed E-state index contributed by atoms with van der Waals surface area (Å²) in [5.41, 5.74) is -2.40. The first kappa shape index (κ1) is 24.6. The van der Waals surface area contributed by atoms with Gasteiger partial charge in [0, 0.05) is 12.8 Å². The second-order valence-corrected chi connectivity index (χ2v) is 6.68. The highest BCUT2D eigenvalue weighted by atomic mass is 16.7. The first-order valence-corrected chi connectivity index (χ1v) is 8.48. The van der Waals surface area contributed by atoms with E-state index in [1.54, 1.807) is 0 Å². The van der Waals surface area contributed by atoms with E-state index in [-0.39, 0.29) is 0 Å². The monoisotopic (exact) mass is 402 g/mol. The highest BCUT2D eigenvalue weighted by Gasteiger charge is 2.65. The molecule has 0 aromatic carbocycles. The molecule has 0 aliphatic carbocycles. The summed E-state index contributed by atoms with van der Waals surface area (Å²) < 4.78 is 10.7. The fourth-order valence-corrected chi connectivity index (χ4v) is 3.13. The Morgan fingerprint density at radius 1 is 0.852 bits per heavy atom. The minimum absolute atomic E-state index is 0.677. The quantitative estimate of drug-likeness (QED) is 0.156. The molecule has 0 saturated carbocycles. The summed E-state index contributed by atoms with van der Waals surface area (Å²) in [4.78, 5) is 0. The molecule has 12 nitrogen and oxygen atoms in total. The van der Waals surface area contributed by atoms with Gasteiger partial charge in [-0.2, -0.15) is 0 Å². The molecule has 27 heavy (non-hydrogen) atoms. The van der Waals surface area contributed by atoms with E-state index >= 15 is 0 Å². The molecule has 12 heteroatoms. The lowest BCUT2D eigenvalue weighted by Crippen LogP contribution is -2.75. The van der Waals surface area contributed by atoms with Crippen LogP contribution in [0.4, 0.5) is 0 Å². The van der Waals surface area contributed by atoms with Crippen LogP contribution in [-0.2, 0) is 9.47 Å². The Kier molecular flexibility index (Phi) is 9.41. The predicted molar refractivity (Wildman–Crippen MR) is 86.1 cm³/mol. The summed E-state index contributed by atoms with van der Waals surface area (Å²) in [5.74, 6) is -2.66. The number of hydrogen-bond donors (Lipinski definition) is 10. The molecule has 1 heterocycles. The maximum absolute atomic E-state index is 11.1. The van der Waals surface area contributed by atoms with E-state index in [0.29, 0.717) is 0 Å². The second-order valence-electron chi connectivity index (χ2n) is 6.68. The molecule has 0 aromatic rings. The van der Waals surface area contributed by atoms with Gasteiger partial charge in [-0.15, -0.1) is 0 Å². The number of hydrogen-bond acceptors (Lipinski definition) is 12. The Hall–Kier alpha value is -0.480. The van der Waals surface area contributed by atoms with Crippen LogP contribution in [0.15, 0.2) is 0 Å². The topological polar surface area (TPSA) is 221 Å².